The van der Waals surface area contributed by atoms with E-state index in [0.717, 1.165) is 6.54 Å². The molecule has 1 aliphatic heterocycles. The van der Waals surface area contributed by atoms with Gasteiger partial charge in [-0.25, -0.2) is 8.78 Å². The Morgan fingerprint density at radius 2 is 2.14 bits per heavy atom. The Hall–Kier alpha value is -0.220. The third-order valence-electron chi connectivity index (χ3n) is 2.53. The van der Waals surface area contributed by atoms with E-state index < -0.39 is 12.0 Å². The first kappa shape index (κ1) is 11.9. The maximum atomic E-state index is 13.2. The first-order valence-electron chi connectivity index (χ1n) is 5.21. The van der Waals surface area contributed by atoms with Crippen molar-refractivity contribution in [1.29, 1.82) is 0 Å². The standard InChI is InChI=1S/C10H20F2N2/c1-8(2)6-14(3)7-9-10(11,12)4-5-13-9/h8-9,13H,4-7H2,1-3H3. The van der Waals surface area contributed by atoms with Crippen molar-refractivity contribution in [2.45, 2.75) is 32.2 Å². The Kier molecular flexibility index (Phi) is 3.84. The van der Waals surface area contributed by atoms with Crippen molar-refractivity contribution < 1.29 is 8.78 Å². The van der Waals surface area contributed by atoms with Crippen LogP contribution in [0.15, 0.2) is 0 Å². The van der Waals surface area contributed by atoms with Crippen LogP contribution in [-0.4, -0.2) is 43.5 Å². The predicted octanol–water partition coefficient (Wildman–Crippen LogP) is 1.57. The zero-order valence-electron chi connectivity index (χ0n) is 9.19. The molecule has 4 heteroatoms. The lowest BCUT2D eigenvalue weighted by atomic mass is 10.1. The van der Waals surface area contributed by atoms with Gasteiger partial charge in [-0.3, -0.25) is 0 Å². The highest BCUT2D eigenvalue weighted by Gasteiger charge is 2.43. The van der Waals surface area contributed by atoms with Gasteiger partial charge >= 0.3 is 0 Å². The second-order valence-electron chi connectivity index (χ2n) is 4.63. The first-order valence-corrected chi connectivity index (χ1v) is 5.21. The largest absolute Gasteiger partial charge is 0.307 e. The number of nitrogens with zero attached hydrogens (tertiary/aromatic N) is 1. The van der Waals surface area contributed by atoms with Crippen molar-refractivity contribution in [3.8, 4) is 0 Å². The van der Waals surface area contributed by atoms with Gasteiger partial charge in [0.25, 0.3) is 5.92 Å². The van der Waals surface area contributed by atoms with E-state index in [9.17, 15) is 8.78 Å². The zero-order valence-corrected chi connectivity index (χ0v) is 9.19. The Bertz CT molecular complexity index is 183. The second-order valence-corrected chi connectivity index (χ2v) is 4.63. The molecule has 1 atom stereocenters. The molecule has 0 amide bonds. The van der Waals surface area contributed by atoms with Crippen LogP contribution in [0.5, 0.6) is 0 Å². The first-order chi connectivity index (χ1) is 6.42. The molecule has 0 saturated carbocycles. The van der Waals surface area contributed by atoms with E-state index in [1.54, 1.807) is 0 Å². The van der Waals surface area contributed by atoms with Gasteiger partial charge < -0.3 is 10.2 Å². The van der Waals surface area contributed by atoms with Gasteiger partial charge in [-0.1, -0.05) is 13.8 Å². The number of likely N-dealkylation sites (N-methyl/N-ethyl adjacent to an activating group) is 1. The summed E-state index contributed by atoms with van der Waals surface area (Å²) >= 11 is 0. The molecule has 84 valence electrons. The van der Waals surface area contributed by atoms with Gasteiger partial charge in [0, 0.05) is 26.1 Å². The summed E-state index contributed by atoms with van der Waals surface area (Å²) < 4.78 is 26.4. The molecule has 0 aromatic carbocycles. The summed E-state index contributed by atoms with van der Waals surface area (Å²) in [5.74, 6) is -2.00. The third-order valence-corrected chi connectivity index (χ3v) is 2.53. The number of hydrogen-bond donors (Lipinski definition) is 1. The van der Waals surface area contributed by atoms with Crippen LogP contribution in [0.4, 0.5) is 8.78 Å². The Balaban J connectivity index is 2.36. The molecule has 0 aromatic rings. The fourth-order valence-electron chi connectivity index (χ4n) is 1.94. The monoisotopic (exact) mass is 206 g/mol. The molecule has 1 aliphatic rings. The van der Waals surface area contributed by atoms with Crippen LogP contribution >= 0.6 is 0 Å². The van der Waals surface area contributed by atoms with Crippen LogP contribution in [-0.2, 0) is 0 Å². The average Bonchev–Trinajstić information content (AvgIpc) is 2.29. The highest BCUT2D eigenvalue weighted by molar-refractivity contribution is 4.92. The SMILES string of the molecule is CC(C)CN(C)CC1NCCC1(F)F. The molecular formula is C10H20F2N2. The summed E-state index contributed by atoms with van der Waals surface area (Å²) in [7, 11) is 1.90. The van der Waals surface area contributed by atoms with Gasteiger partial charge in [0.1, 0.15) is 0 Å². The molecule has 1 heterocycles. The Labute approximate surface area is 84.7 Å². The molecule has 1 unspecified atom stereocenters. The molecule has 0 aromatic heterocycles. The molecule has 1 N–H and O–H groups in total. The maximum absolute atomic E-state index is 13.2. The lowest BCUT2D eigenvalue weighted by Gasteiger charge is -2.26. The smallest absolute Gasteiger partial charge is 0.265 e. The van der Waals surface area contributed by atoms with Crippen molar-refractivity contribution in [1.82, 2.24) is 10.2 Å². The summed E-state index contributed by atoms with van der Waals surface area (Å²) in [6, 6.07) is -0.661. The summed E-state index contributed by atoms with van der Waals surface area (Å²) in [4.78, 5) is 1.97. The third kappa shape index (κ3) is 3.17. The van der Waals surface area contributed by atoms with Crippen LogP contribution in [0.2, 0.25) is 0 Å². The molecule has 0 bridgehead atoms. The van der Waals surface area contributed by atoms with E-state index in [2.05, 4.69) is 19.2 Å². The maximum Gasteiger partial charge on any atom is 0.265 e. The van der Waals surface area contributed by atoms with Crippen molar-refractivity contribution >= 4 is 0 Å². The van der Waals surface area contributed by atoms with Crippen molar-refractivity contribution in [3.05, 3.63) is 0 Å². The van der Waals surface area contributed by atoms with E-state index in [1.807, 2.05) is 11.9 Å². The molecule has 2 nitrogen and oxygen atoms in total. The lowest BCUT2D eigenvalue weighted by molar-refractivity contribution is -0.0193. The van der Waals surface area contributed by atoms with Crippen molar-refractivity contribution in [2.24, 2.45) is 5.92 Å². The summed E-state index contributed by atoms with van der Waals surface area (Å²) in [6.45, 7) is 5.93. The summed E-state index contributed by atoms with van der Waals surface area (Å²) in [5, 5.41) is 2.86. The van der Waals surface area contributed by atoms with E-state index in [1.165, 1.54) is 0 Å². The topological polar surface area (TPSA) is 15.3 Å². The van der Waals surface area contributed by atoms with Crippen molar-refractivity contribution in [3.63, 3.8) is 0 Å². The minimum Gasteiger partial charge on any atom is -0.307 e. The number of nitrogens with one attached hydrogen (secondary N) is 1. The fourth-order valence-corrected chi connectivity index (χ4v) is 1.94. The minimum absolute atomic E-state index is 0.0206. The van der Waals surface area contributed by atoms with Crippen LogP contribution in [0.25, 0.3) is 0 Å². The normalized spacial score (nSPS) is 26.4. The molecule has 1 fully saturated rings. The Morgan fingerprint density at radius 1 is 1.50 bits per heavy atom. The molecule has 1 saturated heterocycles. The molecule has 1 rings (SSSR count). The van der Waals surface area contributed by atoms with Crippen LogP contribution in [0, 0.1) is 5.92 Å². The predicted molar refractivity (Wildman–Crippen MR) is 53.7 cm³/mol. The molecule has 0 spiro atoms. The fraction of sp³-hybridized carbons (Fsp3) is 1.00. The quantitative estimate of drug-likeness (QED) is 0.751. The van der Waals surface area contributed by atoms with Crippen LogP contribution in [0.1, 0.15) is 20.3 Å². The average molecular weight is 206 g/mol. The molecule has 0 radical (unpaired) electrons. The molecule has 14 heavy (non-hydrogen) atoms. The second kappa shape index (κ2) is 4.53. The minimum atomic E-state index is -2.52. The number of halogens is 2. The van der Waals surface area contributed by atoms with Crippen LogP contribution < -0.4 is 5.32 Å². The van der Waals surface area contributed by atoms with E-state index >= 15 is 0 Å². The highest BCUT2D eigenvalue weighted by atomic mass is 19.3. The molecular weight excluding hydrogens is 186 g/mol. The highest BCUT2D eigenvalue weighted by Crippen LogP contribution is 2.27. The summed E-state index contributed by atoms with van der Waals surface area (Å²) in [5.41, 5.74) is 0. The zero-order chi connectivity index (χ0) is 10.8. The van der Waals surface area contributed by atoms with Gasteiger partial charge in [-0.15, -0.1) is 0 Å². The Morgan fingerprint density at radius 3 is 2.57 bits per heavy atom. The number of rotatable bonds is 4. The van der Waals surface area contributed by atoms with Gasteiger partial charge in [-0.05, 0) is 13.0 Å². The number of alkyl halides is 2. The van der Waals surface area contributed by atoms with E-state index in [-0.39, 0.29) is 6.42 Å². The van der Waals surface area contributed by atoms with Gasteiger partial charge in [0.05, 0.1) is 6.04 Å². The van der Waals surface area contributed by atoms with Gasteiger partial charge in [0.15, 0.2) is 0 Å². The van der Waals surface area contributed by atoms with E-state index in [4.69, 9.17) is 0 Å². The van der Waals surface area contributed by atoms with Crippen molar-refractivity contribution in [2.75, 3.05) is 26.7 Å². The van der Waals surface area contributed by atoms with Crippen LogP contribution in [0.3, 0.4) is 0 Å². The van der Waals surface area contributed by atoms with Gasteiger partial charge in [-0.2, -0.15) is 0 Å². The number of hydrogen-bond acceptors (Lipinski definition) is 2. The van der Waals surface area contributed by atoms with Gasteiger partial charge in [0.2, 0.25) is 0 Å². The lowest BCUT2D eigenvalue weighted by Crippen LogP contribution is -2.45. The van der Waals surface area contributed by atoms with E-state index in [0.29, 0.717) is 19.0 Å². The molecule has 0 aliphatic carbocycles. The summed E-state index contributed by atoms with van der Waals surface area (Å²) in [6.07, 6.45) is -0.0206.